The number of amides is 1. The van der Waals surface area contributed by atoms with Crippen molar-refractivity contribution in [1.82, 2.24) is 5.32 Å². The fourth-order valence-electron chi connectivity index (χ4n) is 2.52. The van der Waals surface area contributed by atoms with Crippen LogP contribution in [0.1, 0.15) is 45.1 Å². The van der Waals surface area contributed by atoms with Gasteiger partial charge in [-0.05, 0) is 35.4 Å². The molecule has 21 heavy (non-hydrogen) atoms. The number of hydrogen-bond acceptors (Lipinski definition) is 2. The number of carbonyl (C=O) groups is 1. The van der Waals surface area contributed by atoms with E-state index in [4.69, 9.17) is 16.3 Å². The number of carbonyl (C=O) groups excluding carboxylic acids is 1. The zero-order valence-electron chi connectivity index (χ0n) is 13.0. The van der Waals surface area contributed by atoms with E-state index >= 15 is 0 Å². The Kier molecular flexibility index (Phi) is 5.28. The standard InChI is InChI=1S/C17H24ClNO2/c1-17(2,3)11-21-15-8-13(9-16(20)19-10-15)12-5-4-6-14(18)7-12/h4-7,13,15H,8-11H2,1-3H3,(H,19,20)/t13-,15+/m1/s1. The minimum Gasteiger partial charge on any atom is -0.376 e. The predicted octanol–water partition coefficient (Wildman–Crippen LogP) is 3.76. The summed E-state index contributed by atoms with van der Waals surface area (Å²) in [6, 6.07) is 7.78. The van der Waals surface area contributed by atoms with E-state index in [9.17, 15) is 4.79 Å². The third-order valence-electron chi connectivity index (χ3n) is 3.58. The lowest BCUT2D eigenvalue weighted by atomic mass is 9.91. The molecule has 0 bridgehead atoms. The highest BCUT2D eigenvalue weighted by molar-refractivity contribution is 6.30. The summed E-state index contributed by atoms with van der Waals surface area (Å²) >= 11 is 6.07. The van der Waals surface area contributed by atoms with Gasteiger partial charge < -0.3 is 10.1 Å². The van der Waals surface area contributed by atoms with Gasteiger partial charge in [-0.25, -0.2) is 0 Å². The first kappa shape index (κ1) is 16.3. The molecule has 0 aliphatic carbocycles. The van der Waals surface area contributed by atoms with E-state index in [1.54, 1.807) is 0 Å². The summed E-state index contributed by atoms with van der Waals surface area (Å²) in [5.41, 5.74) is 1.24. The van der Waals surface area contributed by atoms with Crippen LogP contribution in [-0.2, 0) is 9.53 Å². The lowest BCUT2D eigenvalue weighted by Crippen LogP contribution is -2.32. The van der Waals surface area contributed by atoms with Gasteiger partial charge in [0.15, 0.2) is 0 Å². The molecule has 1 amide bonds. The third-order valence-corrected chi connectivity index (χ3v) is 3.81. The molecule has 2 atom stereocenters. The van der Waals surface area contributed by atoms with Crippen molar-refractivity contribution in [2.24, 2.45) is 5.41 Å². The zero-order chi connectivity index (χ0) is 15.5. The summed E-state index contributed by atoms with van der Waals surface area (Å²) in [6.45, 7) is 7.73. The molecule has 0 saturated carbocycles. The maximum atomic E-state index is 11.9. The van der Waals surface area contributed by atoms with Gasteiger partial charge in [-0.2, -0.15) is 0 Å². The zero-order valence-corrected chi connectivity index (χ0v) is 13.7. The van der Waals surface area contributed by atoms with E-state index in [0.717, 1.165) is 12.0 Å². The van der Waals surface area contributed by atoms with Crippen LogP contribution in [0.25, 0.3) is 0 Å². The van der Waals surface area contributed by atoms with Crippen LogP contribution in [0.4, 0.5) is 0 Å². The summed E-state index contributed by atoms with van der Waals surface area (Å²) in [5, 5.41) is 3.66. The molecule has 116 valence electrons. The number of benzene rings is 1. The Morgan fingerprint density at radius 1 is 1.38 bits per heavy atom. The van der Waals surface area contributed by atoms with Crippen molar-refractivity contribution in [3.8, 4) is 0 Å². The van der Waals surface area contributed by atoms with Crippen LogP contribution in [-0.4, -0.2) is 25.2 Å². The molecule has 1 saturated heterocycles. The molecule has 1 aliphatic rings. The average Bonchev–Trinajstić information content (AvgIpc) is 2.58. The highest BCUT2D eigenvalue weighted by Gasteiger charge is 2.27. The molecule has 1 aromatic carbocycles. The van der Waals surface area contributed by atoms with Crippen LogP contribution >= 0.6 is 11.6 Å². The van der Waals surface area contributed by atoms with Crippen molar-refractivity contribution in [3.05, 3.63) is 34.9 Å². The van der Waals surface area contributed by atoms with Gasteiger partial charge >= 0.3 is 0 Å². The van der Waals surface area contributed by atoms with Gasteiger partial charge in [-0.1, -0.05) is 44.5 Å². The summed E-state index contributed by atoms with van der Waals surface area (Å²) in [5.74, 6) is 0.248. The molecular weight excluding hydrogens is 286 g/mol. The second-order valence-corrected chi connectivity index (χ2v) is 7.43. The van der Waals surface area contributed by atoms with Gasteiger partial charge in [0.1, 0.15) is 0 Å². The van der Waals surface area contributed by atoms with Crippen molar-refractivity contribution in [1.29, 1.82) is 0 Å². The van der Waals surface area contributed by atoms with Crippen molar-refractivity contribution in [2.75, 3.05) is 13.2 Å². The van der Waals surface area contributed by atoms with Gasteiger partial charge in [0.05, 0.1) is 12.7 Å². The first-order chi connectivity index (χ1) is 9.83. The Bertz CT molecular complexity index is 496. The second-order valence-electron chi connectivity index (χ2n) is 6.99. The molecule has 3 nitrogen and oxygen atoms in total. The predicted molar refractivity (Wildman–Crippen MR) is 85.6 cm³/mol. The van der Waals surface area contributed by atoms with Gasteiger partial charge in [-0.3, -0.25) is 4.79 Å². The van der Waals surface area contributed by atoms with Gasteiger partial charge in [0, 0.05) is 18.0 Å². The molecule has 0 radical (unpaired) electrons. The summed E-state index contributed by atoms with van der Waals surface area (Å²) in [7, 11) is 0. The van der Waals surface area contributed by atoms with Crippen LogP contribution < -0.4 is 5.32 Å². The Morgan fingerprint density at radius 2 is 2.14 bits per heavy atom. The molecule has 1 heterocycles. The lowest BCUT2D eigenvalue weighted by Gasteiger charge is -2.25. The molecule has 1 fully saturated rings. The van der Waals surface area contributed by atoms with E-state index in [0.29, 0.717) is 24.6 Å². The molecule has 0 spiro atoms. The summed E-state index contributed by atoms with van der Waals surface area (Å²) < 4.78 is 6.01. The third kappa shape index (κ3) is 5.33. The fraction of sp³-hybridized carbons (Fsp3) is 0.588. The van der Waals surface area contributed by atoms with Crippen LogP contribution in [0.3, 0.4) is 0 Å². The van der Waals surface area contributed by atoms with Crippen LogP contribution in [0.2, 0.25) is 5.02 Å². The van der Waals surface area contributed by atoms with E-state index in [-0.39, 0.29) is 23.3 Å². The molecule has 2 rings (SSSR count). The fourth-order valence-corrected chi connectivity index (χ4v) is 2.72. The molecule has 1 aliphatic heterocycles. The maximum absolute atomic E-state index is 11.9. The number of rotatable bonds is 3. The molecule has 0 aromatic heterocycles. The van der Waals surface area contributed by atoms with Crippen molar-refractivity contribution >= 4 is 17.5 Å². The quantitative estimate of drug-likeness (QED) is 0.923. The van der Waals surface area contributed by atoms with Crippen LogP contribution in [0.5, 0.6) is 0 Å². The number of nitrogens with one attached hydrogen (secondary N) is 1. The van der Waals surface area contributed by atoms with Crippen molar-refractivity contribution < 1.29 is 9.53 Å². The highest BCUT2D eigenvalue weighted by Crippen LogP contribution is 2.30. The van der Waals surface area contributed by atoms with Gasteiger partial charge in [0.2, 0.25) is 5.91 Å². The summed E-state index contributed by atoms with van der Waals surface area (Å²) in [6.07, 6.45) is 1.39. The van der Waals surface area contributed by atoms with Crippen LogP contribution in [0.15, 0.2) is 24.3 Å². The second kappa shape index (κ2) is 6.80. The maximum Gasteiger partial charge on any atom is 0.220 e. The number of halogens is 1. The average molecular weight is 310 g/mol. The minimum atomic E-state index is 0.0552. The first-order valence-electron chi connectivity index (χ1n) is 7.47. The number of hydrogen-bond donors (Lipinski definition) is 1. The molecule has 4 heteroatoms. The van der Waals surface area contributed by atoms with E-state index < -0.39 is 0 Å². The van der Waals surface area contributed by atoms with Gasteiger partial charge in [-0.15, -0.1) is 0 Å². The van der Waals surface area contributed by atoms with Gasteiger partial charge in [0.25, 0.3) is 0 Å². The Hall–Kier alpha value is -1.06. The largest absolute Gasteiger partial charge is 0.376 e. The first-order valence-corrected chi connectivity index (χ1v) is 7.85. The molecule has 0 unspecified atom stereocenters. The van der Waals surface area contributed by atoms with E-state index in [1.165, 1.54) is 0 Å². The molecule has 1 N–H and O–H groups in total. The number of ether oxygens (including phenoxy) is 1. The van der Waals surface area contributed by atoms with E-state index in [1.807, 2.05) is 24.3 Å². The normalized spacial score (nSPS) is 23.5. The minimum absolute atomic E-state index is 0.0552. The molecule has 1 aromatic rings. The van der Waals surface area contributed by atoms with Crippen LogP contribution in [0, 0.1) is 5.41 Å². The Labute approximate surface area is 132 Å². The Morgan fingerprint density at radius 3 is 2.81 bits per heavy atom. The molecular formula is C17H24ClNO2. The smallest absolute Gasteiger partial charge is 0.220 e. The highest BCUT2D eigenvalue weighted by atomic mass is 35.5. The van der Waals surface area contributed by atoms with Crippen molar-refractivity contribution in [2.45, 2.75) is 45.6 Å². The lowest BCUT2D eigenvalue weighted by molar-refractivity contribution is -0.121. The topological polar surface area (TPSA) is 38.3 Å². The monoisotopic (exact) mass is 309 g/mol. The summed E-state index contributed by atoms with van der Waals surface area (Å²) in [4.78, 5) is 11.9. The van der Waals surface area contributed by atoms with Crippen molar-refractivity contribution in [3.63, 3.8) is 0 Å². The Balaban J connectivity index is 2.08. The SMILES string of the molecule is CC(C)(C)CO[C@@H]1CNC(=O)C[C@H](c2cccc(Cl)c2)C1. The van der Waals surface area contributed by atoms with E-state index in [2.05, 4.69) is 26.1 Å².